The second-order valence-electron chi connectivity index (χ2n) is 4.91. The first-order valence-corrected chi connectivity index (χ1v) is 6.64. The Balaban J connectivity index is 2.08. The predicted molar refractivity (Wildman–Crippen MR) is 73.5 cm³/mol. The molecule has 0 radical (unpaired) electrons. The van der Waals surface area contributed by atoms with Crippen molar-refractivity contribution < 1.29 is 14.7 Å². The van der Waals surface area contributed by atoms with E-state index in [1.54, 1.807) is 36.5 Å². The fourth-order valence-corrected chi connectivity index (χ4v) is 2.79. The summed E-state index contributed by atoms with van der Waals surface area (Å²) in [7, 11) is 0. The number of nitrogens with zero attached hydrogens (tertiary/aromatic N) is 4. The first-order valence-electron chi connectivity index (χ1n) is 6.64. The molecular formula is C14H14N4O3. The summed E-state index contributed by atoms with van der Waals surface area (Å²) in [4.78, 5) is 26.1. The third kappa shape index (κ3) is 1.97. The largest absolute Gasteiger partial charge is 0.479 e. The number of rotatable bonds is 4. The van der Waals surface area contributed by atoms with Gasteiger partial charge >= 0.3 is 5.97 Å². The predicted octanol–water partition coefficient (Wildman–Crippen LogP) is 0.716. The molecule has 0 aliphatic carbocycles. The zero-order valence-electron chi connectivity index (χ0n) is 11.2. The summed E-state index contributed by atoms with van der Waals surface area (Å²) in [5.41, 5.74) is -1.25. The number of aliphatic carboxylic acids is 1. The molecule has 1 fully saturated rings. The molecule has 7 nitrogen and oxygen atoms in total. The van der Waals surface area contributed by atoms with Crippen LogP contribution in [0.5, 0.6) is 0 Å². The number of carboxylic acids is 1. The van der Waals surface area contributed by atoms with Gasteiger partial charge in [0.15, 0.2) is 0 Å². The summed E-state index contributed by atoms with van der Waals surface area (Å²) in [5, 5.41) is 18.7. The van der Waals surface area contributed by atoms with Crippen molar-refractivity contribution in [3.8, 4) is 0 Å². The summed E-state index contributed by atoms with van der Waals surface area (Å²) >= 11 is 0. The zero-order chi connectivity index (χ0) is 14.9. The van der Waals surface area contributed by atoms with Crippen molar-refractivity contribution in [1.29, 1.82) is 0 Å². The molecule has 2 heterocycles. The Hall–Kier alpha value is -2.70. The molecule has 0 bridgehead atoms. The number of ketones is 1. The first-order chi connectivity index (χ1) is 10.2. The van der Waals surface area contributed by atoms with E-state index >= 15 is 0 Å². The normalized spacial score (nSPS) is 21.4. The van der Waals surface area contributed by atoms with Crippen molar-refractivity contribution in [1.82, 2.24) is 15.1 Å². The minimum absolute atomic E-state index is 0.246. The van der Waals surface area contributed by atoms with Crippen molar-refractivity contribution in [2.75, 3.05) is 11.6 Å². The Kier molecular flexibility index (Phi) is 3.17. The fourth-order valence-electron chi connectivity index (χ4n) is 2.79. The number of carbonyl (C=O) groups is 2. The van der Waals surface area contributed by atoms with Gasteiger partial charge < -0.3 is 5.11 Å². The maximum Gasteiger partial charge on any atom is 0.339 e. The Labute approximate surface area is 120 Å². The summed E-state index contributed by atoms with van der Waals surface area (Å²) in [5.74, 6) is -1.59. The lowest BCUT2D eigenvalue weighted by Crippen LogP contribution is -2.61. The van der Waals surface area contributed by atoms with Gasteiger partial charge in [-0.15, -0.1) is 5.10 Å². The van der Waals surface area contributed by atoms with Crippen molar-refractivity contribution >= 4 is 11.8 Å². The minimum Gasteiger partial charge on any atom is -0.479 e. The monoisotopic (exact) mass is 286 g/mol. The number of hydrogen-bond acceptors (Lipinski definition) is 5. The van der Waals surface area contributed by atoms with Gasteiger partial charge in [-0.2, -0.15) is 4.79 Å². The molecule has 3 rings (SSSR count). The molecule has 1 aromatic carbocycles. The standard InChI is InChI=1S/C14H14N4O3/c19-12(11-5-2-1-3-6-11)14(13(20)21)7-4-9-17(14)18-10-8-15-16-18/h1-3,5-6,8,10H,4,7,9H2,(H,20,21). The van der Waals surface area contributed by atoms with Gasteiger partial charge in [0.2, 0.25) is 11.3 Å². The molecule has 1 unspecified atom stereocenters. The van der Waals surface area contributed by atoms with E-state index < -0.39 is 17.3 Å². The lowest BCUT2D eigenvalue weighted by molar-refractivity contribution is -0.141. The van der Waals surface area contributed by atoms with Gasteiger partial charge in [0, 0.05) is 12.1 Å². The van der Waals surface area contributed by atoms with Gasteiger partial charge in [-0.1, -0.05) is 30.3 Å². The second-order valence-corrected chi connectivity index (χ2v) is 4.91. The number of hydrogen-bond donors (Lipinski definition) is 1. The number of carboxylic acid groups (broad SMARTS) is 1. The summed E-state index contributed by atoms with van der Waals surface area (Å²) in [6, 6.07) is 8.48. The van der Waals surface area contributed by atoms with Gasteiger partial charge in [0.25, 0.3) is 0 Å². The minimum atomic E-state index is -1.63. The van der Waals surface area contributed by atoms with Crippen LogP contribution in [0.25, 0.3) is 0 Å². The highest BCUT2D eigenvalue weighted by Gasteiger charge is 2.55. The Bertz CT molecular complexity index is 656. The van der Waals surface area contributed by atoms with Crippen molar-refractivity contribution in [2.24, 2.45) is 0 Å². The molecule has 0 spiro atoms. The highest BCUT2D eigenvalue weighted by Crippen LogP contribution is 2.31. The third-order valence-electron chi connectivity index (χ3n) is 3.77. The van der Waals surface area contributed by atoms with Crippen LogP contribution in [0.4, 0.5) is 0 Å². The van der Waals surface area contributed by atoms with Crippen molar-refractivity contribution in [2.45, 2.75) is 18.4 Å². The third-order valence-corrected chi connectivity index (χ3v) is 3.77. The Morgan fingerprint density at radius 1 is 1.24 bits per heavy atom. The van der Waals surface area contributed by atoms with Crippen LogP contribution in [-0.2, 0) is 4.79 Å². The maximum absolute atomic E-state index is 12.8. The lowest BCUT2D eigenvalue weighted by atomic mass is 9.87. The molecule has 0 saturated carbocycles. The fraction of sp³-hybridized carbons (Fsp3) is 0.286. The maximum atomic E-state index is 12.8. The Morgan fingerprint density at radius 3 is 2.62 bits per heavy atom. The van der Waals surface area contributed by atoms with Crippen LogP contribution >= 0.6 is 0 Å². The van der Waals surface area contributed by atoms with Gasteiger partial charge in [-0.25, -0.2) is 4.79 Å². The molecule has 1 saturated heterocycles. The first kappa shape index (κ1) is 13.3. The molecule has 1 N–H and O–H groups in total. The highest BCUT2D eigenvalue weighted by molar-refractivity contribution is 6.17. The van der Waals surface area contributed by atoms with Crippen LogP contribution in [0.1, 0.15) is 23.2 Å². The van der Waals surface area contributed by atoms with Gasteiger partial charge in [0.05, 0.1) is 12.4 Å². The summed E-state index contributed by atoms with van der Waals surface area (Å²) in [6.45, 7) is 0.439. The topological polar surface area (TPSA) is 88.3 Å². The number of carbonyl (C=O) groups excluding carboxylic acids is 1. The van der Waals surface area contributed by atoms with Crippen LogP contribution in [-0.4, -0.2) is 44.0 Å². The van der Waals surface area contributed by atoms with E-state index in [0.717, 1.165) is 0 Å². The van der Waals surface area contributed by atoms with E-state index in [2.05, 4.69) is 10.3 Å². The average Bonchev–Trinajstić information content (AvgIpc) is 3.16. The van der Waals surface area contributed by atoms with Crippen molar-refractivity contribution in [3.63, 3.8) is 0 Å². The van der Waals surface area contributed by atoms with Gasteiger partial charge in [-0.05, 0) is 18.1 Å². The van der Waals surface area contributed by atoms with Gasteiger partial charge in [-0.3, -0.25) is 9.80 Å². The molecule has 1 aliphatic heterocycles. The van der Waals surface area contributed by atoms with Crippen LogP contribution in [0.15, 0.2) is 42.7 Å². The number of aromatic nitrogens is 3. The summed E-state index contributed by atoms with van der Waals surface area (Å²) < 4.78 is 0. The molecular weight excluding hydrogens is 272 g/mol. The van der Waals surface area contributed by atoms with E-state index in [1.165, 1.54) is 16.0 Å². The molecule has 1 aromatic heterocycles. The zero-order valence-corrected chi connectivity index (χ0v) is 11.2. The molecule has 2 aromatic rings. The molecule has 108 valence electrons. The molecule has 7 heteroatoms. The average molecular weight is 286 g/mol. The molecule has 1 atom stereocenters. The van der Waals surface area contributed by atoms with E-state index in [0.29, 0.717) is 18.5 Å². The molecule has 1 aliphatic rings. The van der Waals surface area contributed by atoms with E-state index in [9.17, 15) is 14.7 Å². The van der Waals surface area contributed by atoms with E-state index in [-0.39, 0.29) is 6.42 Å². The quantitative estimate of drug-likeness (QED) is 0.658. The van der Waals surface area contributed by atoms with E-state index in [1.807, 2.05) is 0 Å². The van der Waals surface area contributed by atoms with Crippen LogP contribution in [0.3, 0.4) is 0 Å². The lowest BCUT2D eigenvalue weighted by Gasteiger charge is -2.33. The summed E-state index contributed by atoms with van der Waals surface area (Å²) in [6.07, 6.45) is 3.85. The van der Waals surface area contributed by atoms with E-state index in [4.69, 9.17) is 0 Å². The number of benzene rings is 1. The van der Waals surface area contributed by atoms with Crippen molar-refractivity contribution in [3.05, 3.63) is 48.3 Å². The van der Waals surface area contributed by atoms with Crippen LogP contribution in [0.2, 0.25) is 0 Å². The second kappa shape index (κ2) is 5.01. The number of Topliss-reactive ketones (excluding diaryl/α,β-unsaturated/α-hetero) is 1. The molecule has 21 heavy (non-hydrogen) atoms. The Morgan fingerprint density at radius 2 is 2.00 bits per heavy atom. The van der Waals surface area contributed by atoms with Gasteiger partial charge in [0.1, 0.15) is 0 Å². The van der Waals surface area contributed by atoms with Crippen LogP contribution in [0, 0.1) is 0 Å². The smallest absolute Gasteiger partial charge is 0.339 e. The molecule has 0 amide bonds. The highest BCUT2D eigenvalue weighted by atomic mass is 16.4. The van der Waals surface area contributed by atoms with Crippen LogP contribution < -0.4 is 5.01 Å². The SMILES string of the molecule is O=C(O)C1(C(=O)c2ccccc2)CCCN1n1ccnn1.